The van der Waals surface area contributed by atoms with E-state index in [1.165, 1.54) is 6.07 Å². The van der Waals surface area contributed by atoms with Gasteiger partial charge in [0.1, 0.15) is 5.82 Å². The van der Waals surface area contributed by atoms with Gasteiger partial charge in [0.15, 0.2) is 0 Å². The summed E-state index contributed by atoms with van der Waals surface area (Å²) in [5, 5.41) is 9.90. The molecule has 0 spiro atoms. The fourth-order valence-corrected chi connectivity index (χ4v) is 1.90. The number of aliphatic hydroxyl groups excluding tert-OH is 1. The number of hydrogen-bond donors (Lipinski definition) is 1. The van der Waals surface area contributed by atoms with Crippen LogP contribution in [-0.2, 0) is 6.42 Å². The number of benzene rings is 1. The van der Waals surface area contributed by atoms with Gasteiger partial charge in [-0.05, 0) is 24.5 Å². The number of halogens is 2. The molecule has 0 aliphatic rings. The van der Waals surface area contributed by atoms with Gasteiger partial charge < -0.3 is 5.11 Å². The Bertz CT molecular complexity index is 328. The molecule has 1 aromatic rings. The third-order valence-corrected chi connectivity index (χ3v) is 3.05. The topological polar surface area (TPSA) is 20.2 Å². The van der Waals surface area contributed by atoms with E-state index in [-0.39, 0.29) is 5.02 Å². The van der Waals surface area contributed by atoms with Gasteiger partial charge >= 0.3 is 0 Å². The molecular formula is C13H18ClFO. The minimum absolute atomic E-state index is 0.136. The lowest BCUT2D eigenvalue weighted by Gasteiger charge is -2.11. The number of hydrogen-bond acceptors (Lipinski definition) is 1. The van der Waals surface area contributed by atoms with Crippen molar-refractivity contribution in [3.8, 4) is 0 Å². The SMILES string of the molecule is CCCCCC(O)Cc1cccc(F)c1Cl. The fourth-order valence-electron chi connectivity index (χ4n) is 1.69. The summed E-state index contributed by atoms with van der Waals surface area (Å²) in [4.78, 5) is 0. The first-order chi connectivity index (χ1) is 7.65. The second-order valence-corrected chi connectivity index (χ2v) is 4.44. The van der Waals surface area contributed by atoms with Crippen LogP contribution < -0.4 is 0 Å². The highest BCUT2D eigenvalue weighted by molar-refractivity contribution is 6.31. The Kier molecular flexibility index (Phi) is 5.78. The summed E-state index contributed by atoms with van der Waals surface area (Å²) in [5.41, 5.74) is 0.686. The average molecular weight is 245 g/mol. The summed E-state index contributed by atoms with van der Waals surface area (Å²) < 4.78 is 13.1. The fraction of sp³-hybridized carbons (Fsp3) is 0.538. The van der Waals surface area contributed by atoms with E-state index in [2.05, 4.69) is 6.92 Å². The third kappa shape index (κ3) is 4.11. The molecule has 0 bridgehead atoms. The van der Waals surface area contributed by atoms with Crippen molar-refractivity contribution in [2.24, 2.45) is 0 Å². The van der Waals surface area contributed by atoms with E-state index in [0.717, 1.165) is 25.7 Å². The monoisotopic (exact) mass is 244 g/mol. The van der Waals surface area contributed by atoms with Crippen LogP contribution in [0.4, 0.5) is 4.39 Å². The minimum atomic E-state index is -0.425. The Hall–Kier alpha value is -0.600. The lowest BCUT2D eigenvalue weighted by atomic mass is 10.0. The van der Waals surface area contributed by atoms with Crippen molar-refractivity contribution >= 4 is 11.6 Å². The zero-order valence-corrected chi connectivity index (χ0v) is 10.3. The first-order valence-corrected chi connectivity index (χ1v) is 6.14. The normalized spacial score (nSPS) is 12.8. The molecule has 1 rings (SSSR count). The van der Waals surface area contributed by atoms with Crippen molar-refractivity contribution in [2.75, 3.05) is 0 Å². The zero-order valence-electron chi connectivity index (χ0n) is 9.55. The Morgan fingerprint density at radius 3 is 2.81 bits per heavy atom. The molecule has 0 amide bonds. The molecule has 0 saturated heterocycles. The second-order valence-electron chi connectivity index (χ2n) is 4.07. The standard InChI is InChI=1S/C13H18ClFO/c1-2-3-4-7-11(16)9-10-6-5-8-12(15)13(10)14/h5-6,8,11,16H,2-4,7,9H2,1H3. The van der Waals surface area contributed by atoms with E-state index in [1.54, 1.807) is 12.1 Å². The maximum Gasteiger partial charge on any atom is 0.142 e. The summed E-state index contributed by atoms with van der Waals surface area (Å²) in [6.45, 7) is 2.12. The van der Waals surface area contributed by atoms with Crippen LogP contribution in [0.3, 0.4) is 0 Å². The largest absolute Gasteiger partial charge is 0.393 e. The molecule has 3 heteroatoms. The molecule has 1 atom stereocenters. The van der Waals surface area contributed by atoms with Crippen molar-refractivity contribution in [3.63, 3.8) is 0 Å². The highest BCUT2D eigenvalue weighted by Gasteiger charge is 2.10. The van der Waals surface area contributed by atoms with Crippen LogP contribution in [-0.4, -0.2) is 11.2 Å². The molecule has 0 heterocycles. The Morgan fingerprint density at radius 2 is 2.12 bits per heavy atom. The van der Waals surface area contributed by atoms with Crippen LogP contribution >= 0.6 is 11.6 Å². The van der Waals surface area contributed by atoms with E-state index in [1.807, 2.05) is 0 Å². The first-order valence-electron chi connectivity index (χ1n) is 5.76. The predicted octanol–water partition coefficient (Wildman–Crippen LogP) is 3.96. The van der Waals surface area contributed by atoms with Crippen LogP contribution in [0.2, 0.25) is 5.02 Å². The maximum atomic E-state index is 13.1. The van der Waals surface area contributed by atoms with Crippen molar-refractivity contribution in [2.45, 2.75) is 45.1 Å². The predicted molar refractivity (Wildman–Crippen MR) is 65.3 cm³/mol. The van der Waals surface area contributed by atoms with E-state index in [9.17, 15) is 9.50 Å². The molecule has 0 aromatic heterocycles. The smallest absolute Gasteiger partial charge is 0.142 e. The second kappa shape index (κ2) is 6.87. The minimum Gasteiger partial charge on any atom is -0.393 e. The summed E-state index contributed by atoms with van der Waals surface area (Å²) in [7, 11) is 0. The van der Waals surface area contributed by atoms with E-state index in [0.29, 0.717) is 12.0 Å². The van der Waals surface area contributed by atoms with Gasteiger partial charge in [0.25, 0.3) is 0 Å². The van der Waals surface area contributed by atoms with E-state index in [4.69, 9.17) is 11.6 Å². The molecule has 1 nitrogen and oxygen atoms in total. The van der Waals surface area contributed by atoms with Gasteiger partial charge in [0.2, 0.25) is 0 Å². The van der Waals surface area contributed by atoms with Crippen LogP contribution in [0.5, 0.6) is 0 Å². The zero-order chi connectivity index (χ0) is 12.0. The number of aliphatic hydroxyl groups is 1. The molecule has 1 unspecified atom stereocenters. The highest BCUT2D eigenvalue weighted by Crippen LogP contribution is 2.21. The van der Waals surface area contributed by atoms with Gasteiger partial charge in [-0.25, -0.2) is 4.39 Å². The van der Waals surface area contributed by atoms with Crippen molar-refractivity contribution in [1.29, 1.82) is 0 Å². The Morgan fingerprint density at radius 1 is 1.38 bits per heavy atom. The lowest BCUT2D eigenvalue weighted by molar-refractivity contribution is 0.161. The van der Waals surface area contributed by atoms with Crippen LogP contribution in [0.25, 0.3) is 0 Å². The van der Waals surface area contributed by atoms with Crippen molar-refractivity contribution < 1.29 is 9.50 Å². The summed E-state index contributed by atoms with van der Waals surface area (Å²) >= 11 is 5.81. The van der Waals surface area contributed by atoms with E-state index >= 15 is 0 Å². The van der Waals surface area contributed by atoms with Crippen molar-refractivity contribution in [3.05, 3.63) is 34.6 Å². The quantitative estimate of drug-likeness (QED) is 0.751. The molecule has 90 valence electrons. The van der Waals surface area contributed by atoms with Crippen LogP contribution in [0.1, 0.15) is 38.2 Å². The van der Waals surface area contributed by atoms with Gasteiger partial charge in [0.05, 0.1) is 11.1 Å². The van der Waals surface area contributed by atoms with E-state index < -0.39 is 11.9 Å². The molecule has 0 aliphatic heterocycles. The number of rotatable bonds is 6. The molecule has 16 heavy (non-hydrogen) atoms. The average Bonchev–Trinajstić information content (AvgIpc) is 2.25. The molecular weight excluding hydrogens is 227 g/mol. The van der Waals surface area contributed by atoms with Gasteiger partial charge in [-0.2, -0.15) is 0 Å². The molecule has 0 aliphatic carbocycles. The molecule has 1 aromatic carbocycles. The Balaban J connectivity index is 2.49. The summed E-state index contributed by atoms with van der Waals surface area (Å²) in [5.74, 6) is -0.417. The highest BCUT2D eigenvalue weighted by atomic mass is 35.5. The van der Waals surface area contributed by atoms with Crippen molar-refractivity contribution in [1.82, 2.24) is 0 Å². The third-order valence-electron chi connectivity index (χ3n) is 2.63. The van der Waals surface area contributed by atoms with Gasteiger partial charge in [0, 0.05) is 0 Å². The van der Waals surface area contributed by atoms with Gasteiger partial charge in [-0.15, -0.1) is 0 Å². The molecule has 1 N–H and O–H groups in total. The number of unbranched alkanes of at least 4 members (excludes halogenated alkanes) is 2. The molecule has 0 radical (unpaired) electrons. The van der Waals surface area contributed by atoms with Crippen LogP contribution in [0.15, 0.2) is 18.2 Å². The molecule has 0 fully saturated rings. The maximum absolute atomic E-state index is 13.1. The van der Waals surface area contributed by atoms with Gasteiger partial charge in [-0.1, -0.05) is 49.9 Å². The molecule has 0 saturated carbocycles. The van der Waals surface area contributed by atoms with Gasteiger partial charge in [-0.3, -0.25) is 0 Å². The van der Waals surface area contributed by atoms with Crippen LogP contribution in [0, 0.1) is 5.82 Å². The first kappa shape index (κ1) is 13.5. The lowest BCUT2D eigenvalue weighted by Crippen LogP contribution is -2.10. The Labute approximate surface area is 101 Å². The summed E-state index contributed by atoms with van der Waals surface area (Å²) in [6, 6.07) is 4.71. The summed E-state index contributed by atoms with van der Waals surface area (Å²) in [6.07, 6.45) is 4.01.